The minimum Gasteiger partial charge on any atom is -0.347 e. The Balaban J connectivity index is 0.00000841. The Labute approximate surface area is 178 Å². The molecule has 1 aliphatic rings. The van der Waals surface area contributed by atoms with E-state index in [4.69, 9.17) is 0 Å². The van der Waals surface area contributed by atoms with Crippen molar-refractivity contribution in [1.29, 1.82) is 0 Å². The van der Waals surface area contributed by atoms with E-state index in [-0.39, 0.29) is 74.2 Å². The molecule has 0 fully saturated rings. The van der Waals surface area contributed by atoms with Crippen LogP contribution in [0.4, 0.5) is 0 Å². The van der Waals surface area contributed by atoms with E-state index >= 15 is 0 Å². The third-order valence-electron chi connectivity index (χ3n) is 4.91. The zero-order valence-corrected chi connectivity index (χ0v) is 17.4. The number of carbonyl (C=O) groups is 6. The van der Waals surface area contributed by atoms with Crippen LogP contribution < -0.4 is 5.32 Å². The minimum absolute atomic E-state index is 0. The molecule has 1 N–H and O–H groups in total. The van der Waals surface area contributed by atoms with Crippen LogP contribution in [0.3, 0.4) is 0 Å². The molecule has 0 saturated carbocycles. The fraction of sp³-hybridized carbons (Fsp3) is 0.636. The highest BCUT2D eigenvalue weighted by Crippen LogP contribution is 2.09. The van der Waals surface area contributed by atoms with Crippen molar-refractivity contribution in [2.75, 3.05) is 6.54 Å². The highest BCUT2D eigenvalue weighted by molar-refractivity contribution is 6.12. The maximum Gasteiger partial charge on any atom is 0.253 e. The van der Waals surface area contributed by atoms with E-state index in [0.717, 1.165) is 4.90 Å². The third-order valence-corrected chi connectivity index (χ3v) is 4.91. The van der Waals surface area contributed by atoms with Gasteiger partial charge >= 0.3 is 0 Å². The van der Waals surface area contributed by atoms with Gasteiger partial charge in [0.1, 0.15) is 11.6 Å². The summed E-state index contributed by atoms with van der Waals surface area (Å²) in [5.74, 6) is -1.52. The standard InChI is InChI=1S/C21H30N2O6.CH4/c1-14(16(3)24)13-18(26)15(2)22-19(27)9-5-4-7-17(25)8-6-12-23-20(28)10-11-21(23)29;/h10-11,14-15H,4-9,12-13H2,1-3H3,(H,22,27);1H4. The molecule has 3 amide bonds. The van der Waals surface area contributed by atoms with Gasteiger partial charge in [0.15, 0.2) is 5.78 Å². The van der Waals surface area contributed by atoms with Gasteiger partial charge in [-0.15, -0.1) is 0 Å². The average molecular weight is 423 g/mol. The normalized spacial score (nSPS) is 14.8. The predicted octanol–water partition coefficient (Wildman–Crippen LogP) is 2.15. The summed E-state index contributed by atoms with van der Waals surface area (Å²) < 4.78 is 0. The van der Waals surface area contributed by atoms with Gasteiger partial charge in [-0.3, -0.25) is 33.7 Å². The monoisotopic (exact) mass is 422 g/mol. The molecule has 0 aromatic carbocycles. The van der Waals surface area contributed by atoms with Crippen molar-refractivity contribution in [2.45, 2.75) is 79.2 Å². The van der Waals surface area contributed by atoms with Crippen LogP contribution in [-0.2, 0) is 28.8 Å². The van der Waals surface area contributed by atoms with Crippen LogP contribution in [0, 0.1) is 5.92 Å². The van der Waals surface area contributed by atoms with Crippen LogP contribution in [-0.4, -0.2) is 52.6 Å². The number of nitrogens with zero attached hydrogens (tertiary/aromatic N) is 1. The molecule has 0 spiro atoms. The van der Waals surface area contributed by atoms with E-state index in [1.165, 1.54) is 19.1 Å². The first kappa shape index (κ1) is 27.4. The molecular weight excluding hydrogens is 388 g/mol. The van der Waals surface area contributed by atoms with Crippen LogP contribution in [0.25, 0.3) is 0 Å². The quantitative estimate of drug-likeness (QED) is 0.338. The van der Waals surface area contributed by atoms with Crippen molar-refractivity contribution in [2.24, 2.45) is 5.92 Å². The zero-order valence-electron chi connectivity index (χ0n) is 17.4. The first-order valence-corrected chi connectivity index (χ1v) is 9.99. The van der Waals surface area contributed by atoms with Crippen molar-refractivity contribution in [3.05, 3.63) is 12.2 Å². The van der Waals surface area contributed by atoms with Crippen molar-refractivity contribution >= 4 is 35.1 Å². The van der Waals surface area contributed by atoms with Gasteiger partial charge in [-0.25, -0.2) is 0 Å². The van der Waals surface area contributed by atoms with Gasteiger partial charge in [-0.2, -0.15) is 0 Å². The topological polar surface area (TPSA) is 118 Å². The first-order chi connectivity index (χ1) is 13.6. The molecule has 0 saturated heterocycles. The summed E-state index contributed by atoms with van der Waals surface area (Å²) in [4.78, 5) is 70.9. The van der Waals surface area contributed by atoms with E-state index in [1.807, 2.05) is 0 Å². The van der Waals surface area contributed by atoms with Gasteiger partial charge in [0.05, 0.1) is 6.04 Å². The lowest BCUT2D eigenvalue weighted by Gasteiger charge is -2.15. The highest BCUT2D eigenvalue weighted by Gasteiger charge is 2.23. The lowest BCUT2D eigenvalue weighted by atomic mass is 9.98. The Bertz CT molecular complexity index is 680. The maximum atomic E-state index is 12.0. The Morgan fingerprint density at radius 1 is 0.933 bits per heavy atom. The molecule has 1 rings (SSSR count). The summed E-state index contributed by atoms with van der Waals surface area (Å²) >= 11 is 0. The molecule has 1 heterocycles. The molecule has 2 atom stereocenters. The highest BCUT2D eigenvalue weighted by atomic mass is 16.2. The second-order valence-corrected chi connectivity index (χ2v) is 7.48. The van der Waals surface area contributed by atoms with Crippen LogP contribution in [0.5, 0.6) is 0 Å². The number of carbonyl (C=O) groups excluding carboxylic acids is 6. The summed E-state index contributed by atoms with van der Waals surface area (Å²) in [5, 5.41) is 2.63. The third kappa shape index (κ3) is 9.71. The fourth-order valence-electron chi connectivity index (χ4n) is 2.84. The molecule has 8 heteroatoms. The molecule has 0 radical (unpaired) electrons. The number of hydrogen-bond donors (Lipinski definition) is 1. The molecule has 0 aliphatic carbocycles. The molecule has 0 aromatic rings. The molecule has 2 unspecified atom stereocenters. The Morgan fingerprint density at radius 2 is 1.47 bits per heavy atom. The van der Waals surface area contributed by atoms with Gasteiger partial charge in [0, 0.05) is 50.3 Å². The molecule has 1 aliphatic heterocycles. The van der Waals surface area contributed by atoms with Crippen molar-refractivity contribution < 1.29 is 28.8 Å². The van der Waals surface area contributed by atoms with Crippen LogP contribution in [0.15, 0.2) is 12.2 Å². The van der Waals surface area contributed by atoms with Gasteiger partial charge < -0.3 is 5.32 Å². The second kappa shape index (κ2) is 13.6. The smallest absolute Gasteiger partial charge is 0.253 e. The largest absolute Gasteiger partial charge is 0.347 e. The van der Waals surface area contributed by atoms with E-state index in [9.17, 15) is 28.8 Å². The lowest BCUT2D eigenvalue weighted by Crippen LogP contribution is -2.39. The number of rotatable bonds is 14. The Hall–Kier alpha value is -2.64. The molecule has 30 heavy (non-hydrogen) atoms. The molecule has 0 aromatic heterocycles. The number of imide groups is 1. The first-order valence-electron chi connectivity index (χ1n) is 9.99. The fourth-order valence-corrected chi connectivity index (χ4v) is 2.84. The SMILES string of the molecule is C.CC(=O)C(C)CC(=O)C(C)NC(=O)CCCCC(=O)CCCN1C(=O)C=CC1=O. The van der Waals surface area contributed by atoms with Crippen LogP contribution >= 0.6 is 0 Å². The van der Waals surface area contributed by atoms with Crippen molar-refractivity contribution in [1.82, 2.24) is 10.2 Å². The predicted molar refractivity (Wildman–Crippen MR) is 112 cm³/mol. The van der Waals surface area contributed by atoms with Crippen molar-refractivity contribution in [3.63, 3.8) is 0 Å². The number of nitrogens with one attached hydrogen (secondary N) is 1. The van der Waals surface area contributed by atoms with E-state index in [0.29, 0.717) is 25.7 Å². The minimum atomic E-state index is -0.642. The van der Waals surface area contributed by atoms with Crippen molar-refractivity contribution in [3.8, 4) is 0 Å². The number of unbranched alkanes of at least 4 members (excludes halogenated alkanes) is 1. The molecule has 8 nitrogen and oxygen atoms in total. The summed E-state index contributed by atoms with van der Waals surface area (Å²) in [6.07, 6.45) is 4.87. The summed E-state index contributed by atoms with van der Waals surface area (Å²) in [5.41, 5.74) is 0. The summed E-state index contributed by atoms with van der Waals surface area (Å²) in [6, 6.07) is -0.642. The van der Waals surface area contributed by atoms with Crippen LogP contribution in [0.1, 0.15) is 73.1 Å². The van der Waals surface area contributed by atoms with Gasteiger partial charge in [-0.05, 0) is 33.1 Å². The Morgan fingerprint density at radius 3 is 2.03 bits per heavy atom. The van der Waals surface area contributed by atoms with Gasteiger partial charge in [0.25, 0.3) is 11.8 Å². The summed E-state index contributed by atoms with van der Waals surface area (Å²) in [6.45, 7) is 4.95. The van der Waals surface area contributed by atoms with Crippen LogP contribution in [0.2, 0.25) is 0 Å². The molecule has 0 bridgehead atoms. The zero-order chi connectivity index (χ0) is 22.0. The number of amides is 3. The van der Waals surface area contributed by atoms with E-state index in [1.54, 1.807) is 13.8 Å². The number of Topliss-reactive ketones (excluding diaryl/α,β-unsaturated/α-hetero) is 3. The maximum absolute atomic E-state index is 12.0. The van der Waals surface area contributed by atoms with E-state index in [2.05, 4.69) is 5.32 Å². The number of ketones is 3. The van der Waals surface area contributed by atoms with Gasteiger partial charge in [0.2, 0.25) is 5.91 Å². The molecular formula is C22H34N2O6. The van der Waals surface area contributed by atoms with E-state index < -0.39 is 6.04 Å². The molecule has 168 valence electrons. The Kier molecular flexibility index (Phi) is 12.4. The van der Waals surface area contributed by atoms with Gasteiger partial charge in [-0.1, -0.05) is 14.4 Å². The average Bonchev–Trinajstić information content (AvgIpc) is 2.97. The second-order valence-electron chi connectivity index (χ2n) is 7.48. The number of hydrogen-bond acceptors (Lipinski definition) is 6. The lowest BCUT2D eigenvalue weighted by molar-refractivity contribution is -0.137. The summed E-state index contributed by atoms with van der Waals surface area (Å²) in [7, 11) is 0.